The summed E-state index contributed by atoms with van der Waals surface area (Å²) in [6.45, 7) is 3.68. The predicted molar refractivity (Wildman–Crippen MR) is 77.4 cm³/mol. The lowest BCUT2D eigenvalue weighted by Crippen LogP contribution is -2.23. The number of rotatable bonds is 1. The first-order chi connectivity index (χ1) is 9.69. The van der Waals surface area contributed by atoms with Gasteiger partial charge in [0.1, 0.15) is 11.6 Å². The van der Waals surface area contributed by atoms with Gasteiger partial charge in [0.2, 0.25) is 0 Å². The molecule has 0 aliphatic carbocycles. The Morgan fingerprint density at radius 2 is 2.10 bits per heavy atom. The first-order valence-corrected chi connectivity index (χ1v) is 6.66. The molecule has 0 unspecified atom stereocenters. The second kappa shape index (κ2) is 4.95. The maximum absolute atomic E-state index is 11.9. The maximum atomic E-state index is 11.9. The van der Waals surface area contributed by atoms with Gasteiger partial charge in [-0.1, -0.05) is 18.2 Å². The third-order valence-electron chi connectivity index (χ3n) is 3.68. The van der Waals surface area contributed by atoms with Crippen LogP contribution in [0, 0.1) is 18.3 Å². The fraction of sp³-hybridized carbons (Fsp3) is 0.250. The first-order valence-electron chi connectivity index (χ1n) is 6.66. The number of nitriles is 1. The number of H-pyrrole nitrogens is 1. The van der Waals surface area contributed by atoms with Gasteiger partial charge < -0.3 is 10.3 Å². The summed E-state index contributed by atoms with van der Waals surface area (Å²) in [5.74, 6) is 0. The quantitative estimate of drug-likeness (QED) is 0.827. The van der Waals surface area contributed by atoms with Crippen molar-refractivity contribution >= 4 is 0 Å². The maximum Gasteiger partial charge on any atom is 0.266 e. The molecule has 1 aliphatic heterocycles. The molecule has 4 heteroatoms. The minimum Gasteiger partial charge on any atom is -0.325 e. The van der Waals surface area contributed by atoms with Gasteiger partial charge in [0.25, 0.3) is 5.56 Å². The molecule has 0 atom stereocenters. The Bertz CT molecular complexity index is 768. The van der Waals surface area contributed by atoms with Crippen LogP contribution in [0.4, 0.5) is 0 Å². The molecule has 2 aromatic rings. The molecule has 4 nitrogen and oxygen atoms in total. The molecule has 1 aliphatic rings. The molecular weight excluding hydrogens is 250 g/mol. The van der Waals surface area contributed by atoms with Crippen LogP contribution < -0.4 is 10.9 Å². The SMILES string of the molecule is Cc1cc(-c2ccc3c(c2)CCNC3)c(C#N)c(=O)[nH]1. The molecule has 0 radical (unpaired) electrons. The van der Waals surface area contributed by atoms with Gasteiger partial charge in [0, 0.05) is 17.8 Å². The third-order valence-corrected chi connectivity index (χ3v) is 3.68. The summed E-state index contributed by atoms with van der Waals surface area (Å²) in [5.41, 5.74) is 4.88. The zero-order chi connectivity index (χ0) is 14.1. The van der Waals surface area contributed by atoms with Crippen LogP contribution in [0.3, 0.4) is 0 Å². The van der Waals surface area contributed by atoms with Crippen molar-refractivity contribution in [2.45, 2.75) is 19.9 Å². The average molecular weight is 265 g/mol. The van der Waals surface area contributed by atoms with Crippen molar-refractivity contribution in [3.05, 3.63) is 57.0 Å². The number of hydrogen-bond donors (Lipinski definition) is 2. The Balaban J connectivity index is 2.19. The molecule has 100 valence electrons. The number of fused-ring (bicyclic) bond motifs is 1. The molecule has 1 aromatic carbocycles. The van der Waals surface area contributed by atoms with E-state index in [-0.39, 0.29) is 11.1 Å². The molecule has 20 heavy (non-hydrogen) atoms. The van der Waals surface area contributed by atoms with Crippen LogP contribution in [0.15, 0.2) is 29.1 Å². The largest absolute Gasteiger partial charge is 0.325 e. The minimum absolute atomic E-state index is 0.185. The van der Waals surface area contributed by atoms with E-state index in [9.17, 15) is 10.1 Å². The number of nitrogens with zero attached hydrogens (tertiary/aromatic N) is 1. The van der Waals surface area contributed by atoms with Crippen molar-refractivity contribution in [1.29, 1.82) is 5.26 Å². The van der Waals surface area contributed by atoms with Crippen molar-refractivity contribution < 1.29 is 0 Å². The predicted octanol–water partition coefficient (Wildman–Crippen LogP) is 1.87. The van der Waals surface area contributed by atoms with E-state index in [0.29, 0.717) is 0 Å². The highest BCUT2D eigenvalue weighted by Gasteiger charge is 2.13. The fourth-order valence-corrected chi connectivity index (χ4v) is 2.67. The highest BCUT2D eigenvalue weighted by molar-refractivity contribution is 5.71. The third kappa shape index (κ3) is 2.13. The number of aromatic amines is 1. The van der Waals surface area contributed by atoms with Crippen molar-refractivity contribution in [3.8, 4) is 17.2 Å². The number of aryl methyl sites for hydroxylation is 1. The van der Waals surface area contributed by atoms with Crippen LogP contribution in [0.2, 0.25) is 0 Å². The molecular formula is C16H15N3O. The summed E-state index contributed by atoms with van der Waals surface area (Å²) < 4.78 is 0. The highest BCUT2D eigenvalue weighted by atomic mass is 16.1. The number of aromatic nitrogens is 1. The topological polar surface area (TPSA) is 68.7 Å². The van der Waals surface area contributed by atoms with Gasteiger partial charge in [0.05, 0.1) is 0 Å². The average Bonchev–Trinajstić information content (AvgIpc) is 2.46. The summed E-state index contributed by atoms with van der Waals surface area (Å²) >= 11 is 0. The molecule has 0 bridgehead atoms. The summed E-state index contributed by atoms with van der Waals surface area (Å²) in [6, 6.07) is 10.0. The molecule has 0 saturated carbocycles. The van der Waals surface area contributed by atoms with Gasteiger partial charge in [-0.2, -0.15) is 5.26 Å². The zero-order valence-electron chi connectivity index (χ0n) is 11.3. The van der Waals surface area contributed by atoms with E-state index in [1.807, 2.05) is 25.1 Å². The molecule has 0 saturated heterocycles. The molecule has 0 amide bonds. The fourth-order valence-electron chi connectivity index (χ4n) is 2.67. The Hall–Kier alpha value is -2.38. The second-order valence-electron chi connectivity index (χ2n) is 5.09. The van der Waals surface area contributed by atoms with Gasteiger partial charge in [-0.05, 0) is 42.6 Å². The van der Waals surface area contributed by atoms with Gasteiger partial charge >= 0.3 is 0 Å². The van der Waals surface area contributed by atoms with Crippen LogP contribution in [0.25, 0.3) is 11.1 Å². The van der Waals surface area contributed by atoms with Crippen LogP contribution >= 0.6 is 0 Å². The Morgan fingerprint density at radius 3 is 2.90 bits per heavy atom. The van der Waals surface area contributed by atoms with Crippen LogP contribution in [-0.2, 0) is 13.0 Å². The molecule has 1 aromatic heterocycles. The Labute approximate surface area is 117 Å². The zero-order valence-corrected chi connectivity index (χ0v) is 11.3. The normalized spacial score (nSPS) is 13.6. The van der Waals surface area contributed by atoms with E-state index in [0.717, 1.165) is 36.3 Å². The van der Waals surface area contributed by atoms with E-state index in [2.05, 4.69) is 22.4 Å². The highest BCUT2D eigenvalue weighted by Crippen LogP contribution is 2.26. The first kappa shape index (κ1) is 12.6. The van der Waals surface area contributed by atoms with Gasteiger partial charge in [-0.15, -0.1) is 0 Å². The van der Waals surface area contributed by atoms with E-state index < -0.39 is 0 Å². The van der Waals surface area contributed by atoms with Gasteiger partial charge in [0.15, 0.2) is 0 Å². The standard InChI is InChI=1S/C16H15N3O/c1-10-6-14(15(8-17)16(20)19-10)12-2-3-13-9-18-5-4-11(13)7-12/h2-3,6-7,18H,4-5,9H2,1H3,(H,19,20). The molecule has 0 spiro atoms. The lowest BCUT2D eigenvalue weighted by Gasteiger charge is -2.18. The molecule has 2 N–H and O–H groups in total. The van der Waals surface area contributed by atoms with Crippen LogP contribution in [0.5, 0.6) is 0 Å². The lowest BCUT2D eigenvalue weighted by molar-refractivity contribution is 0.644. The monoisotopic (exact) mass is 265 g/mol. The second-order valence-corrected chi connectivity index (χ2v) is 5.09. The molecule has 3 rings (SSSR count). The number of nitrogens with one attached hydrogen (secondary N) is 2. The van der Waals surface area contributed by atoms with E-state index in [1.54, 1.807) is 0 Å². The van der Waals surface area contributed by atoms with Crippen molar-refractivity contribution in [2.24, 2.45) is 0 Å². The van der Waals surface area contributed by atoms with Gasteiger partial charge in [-0.3, -0.25) is 4.79 Å². The van der Waals surface area contributed by atoms with E-state index in [4.69, 9.17) is 0 Å². The van der Waals surface area contributed by atoms with Crippen LogP contribution in [-0.4, -0.2) is 11.5 Å². The summed E-state index contributed by atoms with van der Waals surface area (Å²) in [7, 11) is 0. The molecule has 2 heterocycles. The number of benzene rings is 1. The van der Waals surface area contributed by atoms with Crippen LogP contribution in [0.1, 0.15) is 22.4 Å². The lowest BCUT2D eigenvalue weighted by atomic mass is 9.94. The number of pyridine rings is 1. The molecule has 0 fully saturated rings. The van der Waals surface area contributed by atoms with Crippen molar-refractivity contribution in [2.75, 3.05) is 6.54 Å². The van der Waals surface area contributed by atoms with Crippen molar-refractivity contribution in [1.82, 2.24) is 10.3 Å². The number of hydrogen-bond acceptors (Lipinski definition) is 3. The van der Waals surface area contributed by atoms with Crippen molar-refractivity contribution in [3.63, 3.8) is 0 Å². The summed E-state index contributed by atoms with van der Waals surface area (Å²) in [6.07, 6.45) is 0.979. The van der Waals surface area contributed by atoms with E-state index in [1.165, 1.54) is 11.1 Å². The van der Waals surface area contributed by atoms with E-state index >= 15 is 0 Å². The summed E-state index contributed by atoms with van der Waals surface area (Å²) in [4.78, 5) is 14.5. The Kier molecular flexibility index (Phi) is 3.13. The summed E-state index contributed by atoms with van der Waals surface area (Å²) in [5, 5.41) is 12.5. The smallest absolute Gasteiger partial charge is 0.266 e. The minimum atomic E-state index is -0.318. The van der Waals surface area contributed by atoms with Gasteiger partial charge in [-0.25, -0.2) is 0 Å². The Morgan fingerprint density at radius 1 is 1.25 bits per heavy atom.